The van der Waals surface area contributed by atoms with Gasteiger partial charge in [-0.3, -0.25) is 9.78 Å². The average molecular weight is 523 g/mol. The molecule has 7 aromatic rings. The van der Waals surface area contributed by atoms with Crippen molar-refractivity contribution in [2.75, 3.05) is 0 Å². The number of carbonyl (C=O) groups is 1. The first-order valence-electron chi connectivity index (χ1n) is 12.8. The third-order valence-corrected chi connectivity index (χ3v) is 7.02. The largest absolute Gasteiger partial charge is 0.422 e. The Kier molecular flexibility index (Phi) is 5.49. The predicted octanol–water partition coefficient (Wildman–Crippen LogP) is 6.86. The number of aryl methyl sites for hydroxylation is 1. The molecule has 0 aliphatic rings. The standard InChI is InChI=1S/C33H22N4O3/c1-20-11-12-26-24(17-20)30(31(35-26)21-7-3-2-4-8-21)27-19-28(37(36-27)32(38)22-13-15-34-16-14-22)25-18-23-9-5-6-10-29(23)40-33(25)39/h2-19,35H,1H3. The molecule has 4 aromatic heterocycles. The van der Waals surface area contributed by atoms with Gasteiger partial charge in [0.25, 0.3) is 5.91 Å². The highest BCUT2D eigenvalue weighted by molar-refractivity contribution is 6.05. The van der Waals surface area contributed by atoms with E-state index in [2.05, 4.69) is 22.1 Å². The Morgan fingerprint density at radius 2 is 1.65 bits per heavy atom. The zero-order chi connectivity index (χ0) is 27.2. The molecule has 0 saturated heterocycles. The molecule has 40 heavy (non-hydrogen) atoms. The van der Waals surface area contributed by atoms with Crippen LogP contribution in [0, 0.1) is 6.92 Å². The monoisotopic (exact) mass is 522 g/mol. The fourth-order valence-corrected chi connectivity index (χ4v) is 5.10. The number of H-pyrrole nitrogens is 1. The molecule has 7 nitrogen and oxygen atoms in total. The van der Waals surface area contributed by atoms with E-state index in [9.17, 15) is 9.59 Å². The number of aromatic amines is 1. The zero-order valence-corrected chi connectivity index (χ0v) is 21.5. The topological polar surface area (TPSA) is 93.8 Å². The Bertz CT molecular complexity index is 2110. The first-order valence-corrected chi connectivity index (χ1v) is 12.8. The lowest BCUT2D eigenvalue weighted by atomic mass is 10.0. The van der Waals surface area contributed by atoms with Gasteiger partial charge in [0.15, 0.2) is 0 Å². The molecule has 0 atom stereocenters. The van der Waals surface area contributed by atoms with E-state index in [1.165, 1.54) is 4.68 Å². The molecule has 0 unspecified atom stereocenters. The van der Waals surface area contributed by atoms with Crippen molar-refractivity contribution >= 4 is 27.8 Å². The molecule has 1 N–H and O–H groups in total. The number of nitrogens with zero attached hydrogens (tertiary/aromatic N) is 3. The quantitative estimate of drug-likeness (QED) is 0.255. The second kappa shape index (κ2) is 9.32. The SMILES string of the molecule is Cc1ccc2[nH]c(-c3ccccc3)c(-c3cc(-c4cc5ccccc5oc4=O)n(C(=O)c4ccncc4)n3)c2c1. The lowest BCUT2D eigenvalue weighted by molar-refractivity contribution is 0.0947. The minimum absolute atomic E-state index is 0.247. The van der Waals surface area contributed by atoms with Gasteiger partial charge in [-0.05, 0) is 55.0 Å². The van der Waals surface area contributed by atoms with Crippen LogP contribution in [0.5, 0.6) is 0 Å². The molecule has 0 saturated carbocycles. The summed E-state index contributed by atoms with van der Waals surface area (Å²) in [6.45, 7) is 2.04. The van der Waals surface area contributed by atoms with Gasteiger partial charge < -0.3 is 9.40 Å². The maximum atomic E-state index is 13.8. The Morgan fingerprint density at radius 3 is 2.48 bits per heavy atom. The van der Waals surface area contributed by atoms with E-state index in [-0.39, 0.29) is 11.5 Å². The van der Waals surface area contributed by atoms with Crippen LogP contribution in [0.2, 0.25) is 0 Å². The number of hydrogen-bond donors (Lipinski definition) is 1. The predicted molar refractivity (Wildman–Crippen MR) is 155 cm³/mol. The molecular weight excluding hydrogens is 500 g/mol. The van der Waals surface area contributed by atoms with E-state index in [0.29, 0.717) is 22.5 Å². The van der Waals surface area contributed by atoms with Crippen LogP contribution in [-0.2, 0) is 0 Å². The van der Waals surface area contributed by atoms with Gasteiger partial charge in [0.05, 0.1) is 22.6 Å². The van der Waals surface area contributed by atoms with Gasteiger partial charge in [0, 0.05) is 39.8 Å². The van der Waals surface area contributed by atoms with Gasteiger partial charge in [-0.2, -0.15) is 9.78 Å². The van der Waals surface area contributed by atoms with Crippen LogP contribution in [0.15, 0.2) is 119 Å². The van der Waals surface area contributed by atoms with Crippen molar-refractivity contribution in [1.82, 2.24) is 19.7 Å². The molecule has 4 heterocycles. The van der Waals surface area contributed by atoms with Crippen LogP contribution in [0.4, 0.5) is 0 Å². The van der Waals surface area contributed by atoms with Crippen molar-refractivity contribution in [1.29, 1.82) is 0 Å². The molecule has 7 heteroatoms. The van der Waals surface area contributed by atoms with E-state index in [4.69, 9.17) is 9.52 Å². The summed E-state index contributed by atoms with van der Waals surface area (Å²) in [7, 11) is 0. The molecule has 0 amide bonds. The summed E-state index contributed by atoms with van der Waals surface area (Å²) in [5, 5.41) is 6.55. The molecule has 3 aromatic carbocycles. The van der Waals surface area contributed by atoms with Crippen molar-refractivity contribution in [2.24, 2.45) is 0 Å². The van der Waals surface area contributed by atoms with Crippen LogP contribution < -0.4 is 5.63 Å². The van der Waals surface area contributed by atoms with E-state index in [1.807, 2.05) is 61.5 Å². The molecule has 0 spiro atoms. The fraction of sp³-hybridized carbons (Fsp3) is 0.0303. The highest BCUT2D eigenvalue weighted by Gasteiger charge is 2.25. The van der Waals surface area contributed by atoms with Crippen LogP contribution in [0.1, 0.15) is 15.9 Å². The zero-order valence-electron chi connectivity index (χ0n) is 21.5. The third-order valence-electron chi connectivity index (χ3n) is 7.02. The summed E-state index contributed by atoms with van der Waals surface area (Å²) >= 11 is 0. The normalized spacial score (nSPS) is 11.3. The van der Waals surface area contributed by atoms with Gasteiger partial charge in [-0.1, -0.05) is 60.2 Å². The molecule has 0 aliphatic carbocycles. The number of aromatic nitrogens is 4. The number of benzene rings is 3. The minimum atomic E-state index is -0.549. The number of para-hydroxylation sites is 1. The summed E-state index contributed by atoms with van der Waals surface area (Å²) in [6.07, 6.45) is 3.11. The van der Waals surface area contributed by atoms with Crippen LogP contribution in [-0.4, -0.2) is 25.7 Å². The summed E-state index contributed by atoms with van der Waals surface area (Å²) < 4.78 is 6.93. The van der Waals surface area contributed by atoms with E-state index < -0.39 is 5.63 Å². The molecule has 0 aliphatic heterocycles. The summed E-state index contributed by atoms with van der Waals surface area (Å²) in [6, 6.07) is 30.2. The van der Waals surface area contributed by atoms with Gasteiger partial charge in [0.1, 0.15) is 5.58 Å². The summed E-state index contributed by atoms with van der Waals surface area (Å²) in [5.41, 5.74) is 6.21. The van der Waals surface area contributed by atoms with Gasteiger partial charge in [-0.25, -0.2) is 4.79 Å². The van der Waals surface area contributed by atoms with Crippen molar-refractivity contribution < 1.29 is 9.21 Å². The van der Waals surface area contributed by atoms with Gasteiger partial charge in [0.2, 0.25) is 0 Å². The summed E-state index contributed by atoms with van der Waals surface area (Å²) in [4.78, 5) is 34.6. The van der Waals surface area contributed by atoms with Crippen molar-refractivity contribution in [3.63, 3.8) is 0 Å². The van der Waals surface area contributed by atoms with E-state index in [0.717, 1.165) is 38.7 Å². The Hall–Kier alpha value is -5.56. The minimum Gasteiger partial charge on any atom is -0.422 e. The van der Waals surface area contributed by atoms with Crippen LogP contribution >= 0.6 is 0 Å². The molecule has 0 bridgehead atoms. The second-order valence-corrected chi connectivity index (χ2v) is 9.64. The fourth-order valence-electron chi connectivity index (χ4n) is 5.10. The highest BCUT2D eigenvalue weighted by Crippen LogP contribution is 2.39. The highest BCUT2D eigenvalue weighted by atomic mass is 16.4. The second-order valence-electron chi connectivity index (χ2n) is 9.64. The smallest absolute Gasteiger partial charge is 0.345 e. The Morgan fingerprint density at radius 1 is 0.875 bits per heavy atom. The van der Waals surface area contributed by atoms with Crippen LogP contribution in [0.25, 0.3) is 55.6 Å². The number of rotatable bonds is 4. The molecule has 0 radical (unpaired) electrons. The van der Waals surface area contributed by atoms with Crippen molar-refractivity contribution in [3.05, 3.63) is 131 Å². The van der Waals surface area contributed by atoms with E-state index in [1.54, 1.807) is 42.7 Å². The third kappa shape index (κ3) is 3.92. The molecular formula is C33H22N4O3. The molecule has 0 fully saturated rings. The maximum absolute atomic E-state index is 13.8. The first kappa shape index (κ1) is 23.5. The summed E-state index contributed by atoms with van der Waals surface area (Å²) in [5.74, 6) is -0.381. The lowest BCUT2D eigenvalue weighted by Crippen LogP contribution is -2.17. The number of carbonyl (C=O) groups excluding carboxylic acids is 1. The number of nitrogens with one attached hydrogen (secondary N) is 1. The lowest BCUT2D eigenvalue weighted by Gasteiger charge is -2.06. The molecule has 192 valence electrons. The Balaban J connectivity index is 1.53. The van der Waals surface area contributed by atoms with E-state index >= 15 is 0 Å². The average Bonchev–Trinajstić information content (AvgIpc) is 3.59. The number of hydrogen-bond acceptors (Lipinski definition) is 5. The number of fused-ring (bicyclic) bond motifs is 2. The first-order chi connectivity index (χ1) is 19.6. The van der Waals surface area contributed by atoms with Crippen LogP contribution in [0.3, 0.4) is 0 Å². The van der Waals surface area contributed by atoms with Crippen molar-refractivity contribution in [2.45, 2.75) is 6.92 Å². The maximum Gasteiger partial charge on any atom is 0.345 e. The number of pyridine rings is 1. The van der Waals surface area contributed by atoms with Gasteiger partial charge in [-0.15, -0.1) is 0 Å². The molecule has 7 rings (SSSR count). The van der Waals surface area contributed by atoms with Gasteiger partial charge >= 0.3 is 5.63 Å². The van der Waals surface area contributed by atoms with Crippen molar-refractivity contribution in [3.8, 4) is 33.8 Å². The Labute approximate surface area is 228 Å².